The molecule has 1 aliphatic rings. The summed E-state index contributed by atoms with van der Waals surface area (Å²) in [5.41, 5.74) is 12.9. The fraction of sp³-hybridized carbons (Fsp3) is 0.0370. The van der Waals surface area contributed by atoms with E-state index in [4.69, 9.17) is 0 Å². The summed E-state index contributed by atoms with van der Waals surface area (Å²) in [6, 6.07) is 67.9. The lowest BCUT2D eigenvalue weighted by Crippen LogP contribution is -1.97. The van der Waals surface area contributed by atoms with Crippen LogP contribution in [0.1, 0.15) is 17.5 Å². The number of hydrogen-bond donors (Lipinski definition) is 0. The second-order valence-electron chi connectivity index (χ2n) is 14.7. The first-order chi connectivity index (χ1) is 26.8. The number of allylic oxidation sites excluding steroid dienone is 1. The van der Waals surface area contributed by atoms with E-state index >= 15 is 0 Å². The summed E-state index contributed by atoms with van der Waals surface area (Å²) in [5, 5.41) is 12.6. The van der Waals surface area contributed by atoms with Gasteiger partial charge in [-0.2, -0.15) is 0 Å². The van der Waals surface area contributed by atoms with E-state index in [1.54, 1.807) is 0 Å². The number of hydrogen-bond acceptors (Lipinski definition) is 0. The van der Waals surface area contributed by atoms with Crippen LogP contribution in [0, 0.1) is 0 Å². The minimum absolute atomic E-state index is 1.10. The van der Waals surface area contributed by atoms with Crippen LogP contribution < -0.4 is 0 Å². The molecule has 0 amide bonds. The van der Waals surface area contributed by atoms with Crippen LogP contribution >= 0.6 is 0 Å². The van der Waals surface area contributed by atoms with Crippen molar-refractivity contribution in [3.8, 4) is 44.5 Å². The molecule has 252 valence electrons. The van der Waals surface area contributed by atoms with Crippen LogP contribution in [0.25, 0.3) is 104 Å². The van der Waals surface area contributed by atoms with Gasteiger partial charge in [0.15, 0.2) is 0 Å². The van der Waals surface area contributed by atoms with Crippen LogP contribution in [-0.4, -0.2) is 0 Å². The molecule has 0 atom stereocenters. The van der Waals surface area contributed by atoms with Crippen molar-refractivity contribution in [2.75, 3.05) is 0 Å². The van der Waals surface area contributed by atoms with Crippen LogP contribution in [0.3, 0.4) is 0 Å². The molecular weight excluding hydrogens is 649 g/mol. The molecule has 0 radical (unpaired) electrons. The Bertz CT molecular complexity index is 3160. The maximum Gasteiger partial charge on any atom is -0.00259 e. The van der Waals surface area contributed by atoms with Crippen molar-refractivity contribution >= 4 is 59.9 Å². The van der Waals surface area contributed by atoms with Gasteiger partial charge in [-0.3, -0.25) is 0 Å². The Morgan fingerprint density at radius 3 is 1.54 bits per heavy atom. The number of rotatable bonds is 4. The van der Waals surface area contributed by atoms with Crippen molar-refractivity contribution in [2.24, 2.45) is 0 Å². The average Bonchev–Trinajstić information content (AvgIpc) is 3.24. The minimum atomic E-state index is 1.10. The van der Waals surface area contributed by atoms with E-state index in [0.29, 0.717) is 0 Å². The Labute approximate surface area is 315 Å². The van der Waals surface area contributed by atoms with E-state index in [1.807, 2.05) is 0 Å². The lowest BCUT2D eigenvalue weighted by atomic mass is 9.83. The van der Waals surface area contributed by atoms with E-state index in [-0.39, 0.29) is 0 Å². The summed E-state index contributed by atoms with van der Waals surface area (Å²) in [4.78, 5) is 0. The van der Waals surface area contributed by atoms with Crippen molar-refractivity contribution in [3.05, 3.63) is 199 Å². The number of fused-ring (bicyclic) bond motifs is 6. The molecule has 0 saturated carbocycles. The van der Waals surface area contributed by atoms with E-state index in [0.717, 1.165) is 12.8 Å². The van der Waals surface area contributed by atoms with Gasteiger partial charge in [0.25, 0.3) is 0 Å². The Morgan fingerprint density at radius 1 is 0.315 bits per heavy atom. The first-order valence-electron chi connectivity index (χ1n) is 19.1. The molecule has 0 nitrogen and oxygen atoms in total. The first-order valence-corrected chi connectivity index (χ1v) is 19.1. The van der Waals surface area contributed by atoms with Gasteiger partial charge in [-0.25, -0.2) is 0 Å². The van der Waals surface area contributed by atoms with Crippen LogP contribution in [0.15, 0.2) is 188 Å². The largest absolute Gasteiger partial charge is 0.0836 e. The Kier molecular flexibility index (Phi) is 7.10. The summed E-state index contributed by atoms with van der Waals surface area (Å²) in [5.74, 6) is 0. The van der Waals surface area contributed by atoms with E-state index < -0.39 is 0 Å². The lowest BCUT2D eigenvalue weighted by Gasteiger charge is -2.20. The van der Waals surface area contributed by atoms with Gasteiger partial charge in [-0.1, -0.05) is 176 Å². The zero-order chi connectivity index (χ0) is 35.6. The quantitative estimate of drug-likeness (QED) is 0.162. The fourth-order valence-corrected chi connectivity index (χ4v) is 9.15. The highest BCUT2D eigenvalue weighted by molar-refractivity contribution is 6.23. The predicted octanol–water partition coefficient (Wildman–Crippen LogP) is 15.1. The second kappa shape index (κ2) is 12.4. The van der Waals surface area contributed by atoms with Gasteiger partial charge in [0.05, 0.1) is 0 Å². The molecule has 0 fully saturated rings. The molecule has 1 aliphatic carbocycles. The normalized spacial score (nSPS) is 12.6. The van der Waals surface area contributed by atoms with Gasteiger partial charge in [0, 0.05) is 0 Å². The second-order valence-corrected chi connectivity index (χ2v) is 14.7. The van der Waals surface area contributed by atoms with E-state index in [1.165, 1.54) is 109 Å². The topological polar surface area (TPSA) is 0 Å². The molecule has 0 unspecified atom stereocenters. The summed E-state index contributed by atoms with van der Waals surface area (Å²) in [6.45, 7) is 0. The van der Waals surface area contributed by atoms with E-state index in [9.17, 15) is 0 Å². The SMILES string of the molecule is C1=Cc2c(cccc2-c2ccc(-c3ccc4c(-c5ccc6ccccc6c5)c5ccccc5c(-c5ccc6ccccc6c5)c4c3)c3ccccc23)CC1. The standard InChI is InChI=1S/C54H36/c1-3-15-38-32-41(26-24-35(38)12-1)53-49-21-9-10-22-50(49)54(42-27-25-36-13-2-4-16-39(36)33-42)52-34-40(28-29-51(52)53)44-30-31-48(47-20-8-7-19-45(44)47)46-23-11-17-37-14-5-6-18-43(37)46/h1-4,6-13,15-34H,5,14H2. The summed E-state index contributed by atoms with van der Waals surface area (Å²) >= 11 is 0. The minimum Gasteiger partial charge on any atom is -0.0836 e. The third-order valence-corrected chi connectivity index (χ3v) is 11.7. The van der Waals surface area contributed by atoms with Crippen molar-refractivity contribution in [3.63, 3.8) is 0 Å². The molecule has 54 heavy (non-hydrogen) atoms. The van der Waals surface area contributed by atoms with Gasteiger partial charge in [0.2, 0.25) is 0 Å². The molecule has 0 heterocycles. The van der Waals surface area contributed by atoms with Crippen LogP contribution in [0.4, 0.5) is 0 Å². The summed E-state index contributed by atoms with van der Waals surface area (Å²) < 4.78 is 0. The Morgan fingerprint density at radius 2 is 0.852 bits per heavy atom. The molecule has 10 aromatic carbocycles. The highest BCUT2D eigenvalue weighted by Crippen LogP contribution is 2.47. The summed E-state index contributed by atoms with van der Waals surface area (Å²) in [7, 11) is 0. The molecule has 10 aromatic rings. The van der Waals surface area contributed by atoms with Gasteiger partial charge in [-0.15, -0.1) is 0 Å². The molecule has 0 aromatic heterocycles. The molecule has 0 heteroatoms. The molecule has 0 saturated heterocycles. The third kappa shape index (κ3) is 4.91. The van der Waals surface area contributed by atoms with Crippen LogP contribution in [0.5, 0.6) is 0 Å². The Hall–Kier alpha value is -6.76. The number of benzene rings is 10. The molecule has 0 aliphatic heterocycles. The van der Waals surface area contributed by atoms with Gasteiger partial charge >= 0.3 is 0 Å². The van der Waals surface area contributed by atoms with Crippen LogP contribution in [-0.2, 0) is 6.42 Å². The molecular formula is C54H36. The summed E-state index contributed by atoms with van der Waals surface area (Å²) in [6.07, 6.45) is 6.85. The number of aryl methyl sites for hydroxylation is 1. The molecule has 0 spiro atoms. The monoisotopic (exact) mass is 684 g/mol. The van der Waals surface area contributed by atoms with Gasteiger partial charge in [0.1, 0.15) is 0 Å². The maximum atomic E-state index is 2.46. The average molecular weight is 685 g/mol. The van der Waals surface area contributed by atoms with Crippen molar-refractivity contribution in [1.82, 2.24) is 0 Å². The fourth-order valence-electron chi connectivity index (χ4n) is 9.15. The predicted molar refractivity (Wildman–Crippen MR) is 233 cm³/mol. The van der Waals surface area contributed by atoms with Crippen molar-refractivity contribution in [1.29, 1.82) is 0 Å². The van der Waals surface area contributed by atoms with E-state index in [2.05, 4.69) is 194 Å². The Balaban J connectivity index is 1.20. The van der Waals surface area contributed by atoms with Gasteiger partial charge < -0.3 is 0 Å². The zero-order valence-electron chi connectivity index (χ0n) is 29.9. The zero-order valence-corrected chi connectivity index (χ0v) is 29.9. The molecule has 0 bridgehead atoms. The smallest absolute Gasteiger partial charge is 0.00259 e. The van der Waals surface area contributed by atoms with Crippen molar-refractivity contribution in [2.45, 2.75) is 12.8 Å². The maximum absolute atomic E-state index is 2.46. The highest BCUT2D eigenvalue weighted by Gasteiger charge is 2.20. The van der Waals surface area contributed by atoms with Crippen molar-refractivity contribution < 1.29 is 0 Å². The van der Waals surface area contributed by atoms with Gasteiger partial charge in [-0.05, 0) is 141 Å². The molecule has 0 N–H and O–H groups in total. The third-order valence-electron chi connectivity index (χ3n) is 11.7. The lowest BCUT2D eigenvalue weighted by molar-refractivity contribution is 0.986. The highest BCUT2D eigenvalue weighted by atomic mass is 14.2. The molecule has 11 rings (SSSR count). The first kappa shape index (κ1) is 30.8. The van der Waals surface area contributed by atoms with Crippen LogP contribution in [0.2, 0.25) is 0 Å².